The molecule has 1 aliphatic heterocycles. The Labute approximate surface area is 87.3 Å². The van der Waals surface area contributed by atoms with Gasteiger partial charge in [-0.05, 0) is 0 Å². The Morgan fingerprint density at radius 3 is 2.92 bits per heavy atom. The molecule has 0 aliphatic carbocycles. The molecule has 68 valence electrons. The molecule has 0 fully saturated rings. The molecule has 1 aromatic rings. The number of aliphatic imine (C=N–C) groups is 1. The van der Waals surface area contributed by atoms with Crippen LogP contribution in [0.15, 0.2) is 29.3 Å². The number of benzene rings is 1. The predicted molar refractivity (Wildman–Crippen MR) is 55.0 cm³/mol. The first-order chi connectivity index (χ1) is 6.42. The minimum absolute atomic E-state index is 0.0228. The van der Waals surface area contributed by atoms with E-state index in [2.05, 4.69) is 4.99 Å². The zero-order valence-corrected chi connectivity index (χ0v) is 9.33. The molecule has 0 amide bonds. The summed E-state index contributed by atoms with van der Waals surface area (Å²) in [5.41, 5.74) is 1.05. The van der Waals surface area contributed by atoms with Gasteiger partial charge in [0.1, 0.15) is 0 Å². The van der Waals surface area contributed by atoms with E-state index in [0.717, 1.165) is 22.5 Å². The average molecular weight is 261 g/mol. The van der Waals surface area contributed by atoms with E-state index >= 15 is 0 Å². The summed E-state index contributed by atoms with van der Waals surface area (Å²) in [5.74, 6) is 0.748. The van der Waals surface area contributed by atoms with Gasteiger partial charge in [0.25, 0.3) is 0 Å². The predicted octanol–water partition coefficient (Wildman–Crippen LogP) is 0.947. The summed E-state index contributed by atoms with van der Waals surface area (Å²) in [4.78, 5) is 4.26. The van der Waals surface area contributed by atoms with Crippen molar-refractivity contribution in [1.29, 1.82) is 0 Å². The van der Waals surface area contributed by atoms with Crippen molar-refractivity contribution in [2.24, 2.45) is 4.99 Å². The molecule has 0 aromatic heterocycles. The number of ether oxygens (including phenoxy) is 1. The maximum absolute atomic E-state index is 5.86. The first kappa shape index (κ1) is 9.07. The Kier molecular flexibility index (Phi) is 2.89. The van der Waals surface area contributed by atoms with Gasteiger partial charge in [0.2, 0.25) is 0 Å². The van der Waals surface area contributed by atoms with Gasteiger partial charge in [0.05, 0.1) is 0 Å². The molecule has 2 nitrogen and oxygen atoms in total. The zero-order valence-electron chi connectivity index (χ0n) is 6.87. The van der Waals surface area contributed by atoms with Crippen molar-refractivity contribution in [2.45, 2.75) is 0 Å². The normalized spacial score (nSPS) is 15.3. The van der Waals surface area contributed by atoms with E-state index < -0.39 is 0 Å². The van der Waals surface area contributed by atoms with Crippen LogP contribution in [0.2, 0.25) is 0 Å². The molecule has 0 saturated heterocycles. The number of hydrogen-bond acceptors (Lipinski definition) is 2. The van der Waals surface area contributed by atoms with Crippen LogP contribution < -0.4 is 4.46 Å². The van der Waals surface area contributed by atoms with Crippen LogP contribution in [0.5, 0.6) is 0 Å². The van der Waals surface area contributed by atoms with Crippen LogP contribution in [0.25, 0.3) is 0 Å². The molecule has 0 radical (unpaired) electrons. The molecule has 1 aliphatic rings. The fourth-order valence-corrected chi connectivity index (χ4v) is 2.68. The SMILES string of the molecule is Cl[Se]c1ccccc1C1=NCCO1. The Morgan fingerprint density at radius 2 is 2.23 bits per heavy atom. The molecular formula is C9H8ClNOSe. The Morgan fingerprint density at radius 1 is 1.38 bits per heavy atom. The van der Waals surface area contributed by atoms with Crippen LogP contribution in [0.1, 0.15) is 5.56 Å². The van der Waals surface area contributed by atoms with E-state index in [1.165, 1.54) is 0 Å². The van der Waals surface area contributed by atoms with E-state index in [9.17, 15) is 0 Å². The molecule has 0 unspecified atom stereocenters. The van der Waals surface area contributed by atoms with Crippen LogP contribution in [0.3, 0.4) is 0 Å². The van der Waals surface area contributed by atoms with Crippen molar-refractivity contribution in [3.8, 4) is 0 Å². The summed E-state index contributed by atoms with van der Waals surface area (Å²) in [6.45, 7) is 1.46. The van der Waals surface area contributed by atoms with E-state index in [-0.39, 0.29) is 14.0 Å². The van der Waals surface area contributed by atoms with Crippen molar-refractivity contribution in [3.05, 3.63) is 29.8 Å². The molecule has 0 saturated carbocycles. The second kappa shape index (κ2) is 4.14. The van der Waals surface area contributed by atoms with E-state index in [4.69, 9.17) is 14.8 Å². The molecule has 2 rings (SSSR count). The Balaban J connectivity index is 2.38. The van der Waals surface area contributed by atoms with Gasteiger partial charge < -0.3 is 0 Å². The van der Waals surface area contributed by atoms with E-state index in [1.54, 1.807) is 0 Å². The number of halogens is 1. The summed E-state index contributed by atoms with van der Waals surface area (Å²) in [7, 11) is 5.86. The molecule has 4 heteroatoms. The van der Waals surface area contributed by atoms with E-state index in [0.29, 0.717) is 6.61 Å². The van der Waals surface area contributed by atoms with Crippen LogP contribution in [-0.4, -0.2) is 33.1 Å². The van der Waals surface area contributed by atoms with Crippen molar-refractivity contribution >= 4 is 34.5 Å². The summed E-state index contributed by atoms with van der Waals surface area (Å²) in [5, 5.41) is 0. The number of hydrogen-bond donors (Lipinski definition) is 0. The van der Waals surface area contributed by atoms with Gasteiger partial charge in [-0.2, -0.15) is 0 Å². The van der Waals surface area contributed by atoms with Crippen LogP contribution in [-0.2, 0) is 4.74 Å². The first-order valence-electron chi connectivity index (χ1n) is 3.97. The second-order valence-corrected chi connectivity index (χ2v) is 4.66. The minimum atomic E-state index is -0.0228. The fourth-order valence-electron chi connectivity index (χ4n) is 1.21. The van der Waals surface area contributed by atoms with Crippen LogP contribution >= 0.6 is 10.1 Å². The Bertz CT molecular complexity index is 340. The Hall–Kier alpha value is -0.501. The number of nitrogens with zero attached hydrogens (tertiary/aromatic N) is 1. The molecule has 13 heavy (non-hydrogen) atoms. The quantitative estimate of drug-likeness (QED) is 0.726. The van der Waals surface area contributed by atoms with Gasteiger partial charge in [-0.25, -0.2) is 0 Å². The van der Waals surface area contributed by atoms with Crippen molar-refractivity contribution in [3.63, 3.8) is 0 Å². The average Bonchev–Trinajstić information content (AvgIpc) is 2.70. The third-order valence-electron chi connectivity index (χ3n) is 1.79. The monoisotopic (exact) mass is 261 g/mol. The summed E-state index contributed by atoms with van der Waals surface area (Å²) < 4.78 is 6.52. The van der Waals surface area contributed by atoms with Crippen molar-refractivity contribution in [1.82, 2.24) is 0 Å². The van der Waals surface area contributed by atoms with Gasteiger partial charge in [-0.1, -0.05) is 0 Å². The summed E-state index contributed by atoms with van der Waals surface area (Å²) in [6.07, 6.45) is 0. The molecule has 1 aromatic carbocycles. The van der Waals surface area contributed by atoms with Gasteiger partial charge in [0, 0.05) is 0 Å². The van der Waals surface area contributed by atoms with Gasteiger partial charge in [0.15, 0.2) is 0 Å². The summed E-state index contributed by atoms with van der Waals surface area (Å²) in [6, 6.07) is 7.99. The van der Waals surface area contributed by atoms with Crippen molar-refractivity contribution in [2.75, 3.05) is 13.2 Å². The standard InChI is InChI=1S/C9H8ClNOSe/c10-13-8-4-2-1-3-7(8)9-11-5-6-12-9/h1-4H,5-6H2. The molecule has 0 atom stereocenters. The van der Waals surface area contributed by atoms with Crippen molar-refractivity contribution < 1.29 is 4.74 Å². The fraction of sp³-hybridized carbons (Fsp3) is 0.222. The van der Waals surface area contributed by atoms with Gasteiger partial charge in [-0.3, -0.25) is 0 Å². The zero-order chi connectivity index (χ0) is 9.10. The molecule has 0 bridgehead atoms. The second-order valence-electron chi connectivity index (χ2n) is 2.61. The third-order valence-corrected chi connectivity index (χ3v) is 3.75. The first-order valence-corrected chi connectivity index (χ1v) is 7.08. The van der Waals surface area contributed by atoms with Gasteiger partial charge >= 0.3 is 87.2 Å². The summed E-state index contributed by atoms with van der Waals surface area (Å²) >= 11 is -0.0228. The van der Waals surface area contributed by atoms with E-state index in [1.807, 2.05) is 24.3 Å². The maximum atomic E-state index is 5.86. The van der Waals surface area contributed by atoms with Crippen LogP contribution in [0, 0.1) is 0 Å². The number of rotatable bonds is 2. The molecule has 0 N–H and O–H groups in total. The molecular weight excluding hydrogens is 253 g/mol. The third kappa shape index (κ3) is 1.88. The van der Waals surface area contributed by atoms with Gasteiger partial charge in [-0.15, -0.1) is 0 Å². The van der Waals surface area contributed by atoms with Crippen LogP contribution in [0.4, 0.5) is 0 Å². The molecule has 1 heterocycles. The topological polar surface area (TPSA) is 21.6 Å². The molecule has 0 spiro atoms.